The highest BCUT2D eigenvalue weighted by molar-refractivity contribution is 7.93. The van der Waals surface area contributed by atoms with E-state index in [1.54, 1.807) is 72.8 Å². The lowest BCUT2D eigenvalue weighted by Gasteiger charge is -2.27. The van der Waals surface area contributed by atoms with Crippen LogP contribution in [0.5, 0.6) is 0 Å². The first-order chi connectivity index (χ1) is 20.1. The number of nitrogen functional groups attached to an aromatic ring is 1. The zero-order valence-corrected chi connectivity index (χ0v) is 26.3. The second-order valence-corrected chi connectivity index (χ2v) is 11.7. The first-order valence-corrected chi connectivity index (χ1v) is 14.3. The number of nitrogens with zero attached hydrogens (tertiary/aromatic N) is 1. The van der Waals surface area contributed by atoms with E-state index in [0.29, 0.717) is 27.3 Å². The third-order valence-electron chi connectivity index (χ3n) is 7.07. The Morgan fingerprint density at radius 2 is 1.58 bits per heavy atom. The lowest BCUT2D eigenvalue weighted by atomic mass is 9.98. The van der Waals surface area contributed by atoms with E-state index >= 15 is 0 Å². The lowest BCUT2D eigenvalue weighted by Crippen LogP contribution is -2.52. The molecule has 0 saturated heterocycles. The SMILES string of the molecule is COC(=O)C(N)(c1ccc2c(C(=O)NCc3ccc(C(=N)N)cc3)cccc2c1)S(=O)(=O)c1cccc2cccnc12.Cl.Cl.O. The molecule has 0 bridgehead atoms. The van der Waals surface area contributed by atoms with Crippen LogP contribution in [0.25, 0.3) is 21.7 Å². The van der Waals surface area contributed by atoms with Gasteiger partial charge >= 0.3 is 5.97 Å². The van der Waals surface area contributed by atoms with E-state index in [-0.39, 0.29) is 64.6 Å². The number of hydrogen-bond acceptors (Lipinski definition) is 8. The number of benzene rings is 4. The number of pyridine rings is 1. The number of nitrogens with one attached hydrogen (secondary N) is 2. The van der Waals surface area contributed by atoms with Crippen LogP contribution >= 0.6 is 24.8 Å². The maximum Gasteiger partial charge on any atom is 0.346 e. The maximum atomic E-state index is 14.1. The summed E-state index contributed by atoms with van der Waals surface area (Å²) < 4.78 is 33.1. The average molecular weight is 673 g/mol. The van der Waals surface area contributed by atoms with Crippen molar-refractivity contribution in [3.05, 3.63) is 119 Å². The van der Waals surface area contributed by atoms with Crippen LogP contribution in [0.3, 0.4) is 0 Å². The summed E-state index contributed by atoms with van der Waals surface area (Å²) in [6, 6.07) is 24.4. The van der Waals surface area contributed by atoms with Gasteiger partial charge in [-0.05, 0) is 46.2 Å². The summed E-state index contributed by atoms with van der Waals surface area (Å²) in [4.78, 5) is 27.7. The summed E-state index contributed by atoms with van der Waals surface area (Å²) in [7, 11) is -3.53. The quantitative estimate of drug-likeness (QED) is 0.109. The van der Waals surface area contributed by atoms with E-state index in [9.17, 15) is 18.0 Å². The van der Waals surface area contributed by atoms with E-state index in [1.807, 2.05) is 0 Å². The molecule has 0 aliphatic rings. The molecule has 11 nitrogen and oxygen atoms in total. The van der Waals surface area contributed by atoms with Gasteiger partial charge in [-0.15, -0.1) is 24.8 Å². The topological polar surface area (TPSA) is 210 Å². The second kappa shape index (κ2) is 14.5. The zero-order valence-electron chi connectivity index (χ0n) is 23.8. The molecule has 45 heavy (non-hydrogen) atoms. The van der Waals surface area contributed by atoms with Crippen LogP contribution < -0.4 is 16.8 Å². The number of carbonyl (C=O) groups is 2. The molecule has 1 unspecified atom stereocenters. The molecule has 0 aliphatic heterocycles. The summed E-state index contributed by atoms with van der Waals surface area (Å²) in [5.41, 5.74) is 13.9. The first-order valence-electron chi connectivity index (χ1n) is 12.8. The fourth-order valence-corrected chi connectivity index (χ4v) is 6.56. The van der Waals surface area contributed by atoms with Crippen molar-refractivity contribution in [3.8, 4) is 0 Å². The van der Waals surface area contributed by atoms with Gasteiger partial charge in [-0.3, -0.25) is 20.9 Å². The van der Waals surface area contributed by atoms with Crippen LogP contribution in [0.4, 0.5) is 0 Å². The van der Waals surface area contributed by atoms with Gasteiger partial charge in [-0.2, -0.15) is 0 Å². The van der Waals surface area contributed by atoms with Crippen molar-refractivity contribution in [1.82, 2.24) is 10.3 Å². The Morgan fingerprint density at radius 3 is 2.24 bits per heavy atom. The summed E-state index contributed by atoms with van der Waals surface area (Å²) in [6.07, 6.45) is 1.46. The molecule has 14 heteroatoms. The van der Waals surface area contributed by atoms with Crippen LogP contribution in [0, 0.1) is 5.41 Å². The van der Waals surface area contributed by atoms with E-state index in [2.05, 4.69) is 10.3 Å². The fraction of sp³-hybridized carbons (Fsp3) is 0.0968. The number of nitrogens with two attached hydrogens (primary N) is 2. The van der Waals surface area contributed by atoms with Crippen molar-refractivity contribution >= 4 is 74.0 Å². The third kappa shape index (κ3) is 6.60. The number of para-hydroxylation sites is 1. The largest absolute Gasteiger partial charge is 0.467 e. The van der Waals surface area contributed by atoms with Gasteiger partial charge < -0.3 is 21.3 Å². The molecule has 5 rings (SSSR count). The van der Waals surface area contributed by atoms with E-state index in [0.717, 1.165) is 12.7 Å². The molecule has 1 amide bonds. The van der Waals surface area contributed by atoms with Gasteiger partial charge in [0.15, 0.2) is 0 Å². The molecule has 0 fully saturated rings. The van der Waals surface area contributed by atoms with Crippen LogP contribution in [0.2, 0.25) is 0 Å². The number of ether oxygens (including phenoxy) is 1. The Balaban J connectivity index is 0.00000235. The van der Waals surface area contributed by atoms with Crippen LogP contribution in [0.1, 0.15) is 27.0 Å². The highest BCUT2D eigenvalue weighted by atomic mass is 35.5. The van der Waals surface area contributed by atoms with Gasteiger partial charge in [-0.1, -0.05) is 66.7 Å². The standard InChI is InChI=1S/C31H27N5O5S.2ClH.H2O/c1-41-30(38)31(34,42(39,40)26-9-3-5-20-7-4-16-35-27(20)26)23-14-15-24-22(17-23)6-2-8-25(24)29(37)36-18-19-10-12-21(13-11-19)28(32)33;;;/h2-17H,18,34H2,1H3,(H3,32,33)(H,36,37);2*1H;1H2. The number of aromatic nitrogens is 1. The number of methoxy groups -OCH3 is 1. The third-order valence-corrected chi connectivity index (χ3v) is 9.23. The number of fused-ring (bicyclic) bond motifs is 2. The average Bonchev–Trinajstić information content (AvgIpc) is 3.01. The molecule has 0 spiro atoms. The molecule has 236 valence electrons. The Kier molecular flexibility index (Phi) is 11.8. The smallest absolute Gasteiger partial charge is 0.346 e. The molecule has 4 aromatic carbocycles. The summed E-state index contributed by atoms with van der Waals surface area (Å²) in [5, 5.41) is 12.0. The van der Waals surface area contributed by atoms with Gasteiger partial charge in [0, 0.05) is 29.3 Å². The Bertz CT molecular complexity index is 1990. The van der Waals surface area contributed by atoms with E-state index < -0.39 is 20.7 Å². The van der Waals surface area contributed by atoms with Crippen molar-refractivity contribution in [1.29, 1.82) is 5.41 Å². The molecule has 0 aliphatic carbocycles. The van der Waals surface area contributed by atoms with Gasteiger partial charge in [0.05, 0.1) is 17.5 Å². The summed E-state index contributed by atoms with van der Waals surface area (Å²) >= 11 is 0. The Hall–Kier alpha value is -4.59. The van der Waals surface area contributed by atoms with Crippen LogP contribution in [-0.2, 0) is 30.8 Å². The van der Waals surface area contributed by atoms with E-state index in [1.165, 1.54) is 24.4 Å². The zero-order chi connectivity index (χ0) is 30.1. The van der Waals surface area contributed by atoms with Crippen molar-refractivity contribution in [2.24, 2.45) is 11.5 Å². The highest BCUT2D eigenvalue weighted by Crippen LogP contribution is 2.36. The molecule has 1 heterocycles. The first kappa shape index (κ1) is 36.6. The number of halogens is 2. The summed E-state index contributed by atoms with van der Waals surface area (Å²) in [6.45, 7) is 0.233. The number of hydrogen-bond donors (Lipinski definition) is 4. The molecule has 0 radical (unpaired) electrons. The molecular weight excluding hydrogens is 641 g/mol. The minimum Gasteiger partial charge on any atom is -0.467 e. The monoisotopic (exact) mass is 671 g/mol. The van der Waals surface area contributed by atoms with Crippen molar-refractivity contribution in [2.75, 3.05) is 7.11 Å². The van der Waals surface area contributed by atoms with Crippen molar-refractivity contribution in [2.45, 2.75) is 16.3 Å². The van der Waals surface area contributed by atoms with Crippen LogP contribution in [0.15, 0.2) is 102 Å². The molecule has 5 aromatic rings. The van der Waals surface area contributed by atoms with Gasteiger partial charge in [0.2, 0.25) is 14.7 Å². The molecule has 1 aromatic heterocycles. The highest BCUT2D eigenvalue weighted by Gasteiger charge is 2.52. The Morgan fingerprint density at radius 1 is 0.933 bits per heavy atom. The Labute approximate surface area is 271 Å². The number of amidine groups is 1. The van der Waals surface area contributed by atoms with E-state index in [4.69, 9.17) is 21.6 Å². The van der Waals surface area contributed by atoms with Gasteiger partial charge in [0.1, 0.15) is 5.84 Å². The number of sulfone groups is 1. The predicted molar refractivity (Wildman–Crippen MR) is 177 cm³/mol. The van der Waals surface area contributed by atoms with Crippen molar-refractivity contribution in [3.63, 3.8) is 0 Å². The van der Waals surface area contributed by atoms with Gasteiger partial charge in [-0.25, -0.2) is 13.2 Å². The second-order valence-electron chi connectivity index (χ2n) is 9.60. The number of amides is 1. The molecule has 0 saturated carbocycles. The molecule has 1 atom stereocenters. The predicted octanol–water partition coefficient (Wildman–Crippen LogP) is 3.38. The molecule has 8 N–H and O–H groups in total. The molecular formula is C31H31Cl2N5O6S. The minimum atomic E-state index is -4.59. The maximum absolute atomic E-state index is 14.1. The summed E-state index contributed by atoms with van der Waals surface area (Å²) in [5.74, 6) is -1.57. The fourth-order valence-electron chi connectivity index (χ4n) is 4.79. The number of carbonyl (C=O) groups excluding carboxylic acids is 2. The van der Waals surface area contributed by atoms with Gasteiger partial charge in [0.25, 0.3) is 5.91 Å². The minimum absolute atomic E-state index is 0. The number of esters is 1. The normalized spacial score (nSPS) is 12.0. The van der Waals surface area contributed by atoms with Crippen molar-refractivity contribution < 1.29 is 28.2 Å². The lowest BCUT2D eigenvalue weighted by molar-refractivity contribution is -0.144. The number of rotatable bonds is 8. The van der Waals surface area contributed by atoms with Crippen LogP contribution in [-0.4, -0.2) is 43.7 Å².